The van der Waals surface area contributed by atoms with E-state index in [1.165, 1.54) is 0 Å². The molecule has 0 atom stereocenters. The van der Waals surface area contributed by atoms with Crippen LogP contribution in [0, 0.1) is 0 Å². The van der Waals surface area contributed by atoms with E-state index in [1.807, 2.05) is 0 Å². The fourth-order valence-electron chi connectivity index (χ4n) is 0. The molecule has 0 aliphatic heterocycles. The van der Waals surface area contributed by atoms with E-state index in [-0.39, 0.29) is 91.5 Å². The first kappa shape index (κ1) is 42.8. The van der Waals surface area contributed by atoms with Crippen molar-refractivity contribution in [2.45, 2.75) is 20.8 Å². The van der Waals surface area contributed by atoms with E-state index in [1.54, 1.807) is 0 Å². The Morgan fingerprint density at radius 3 is 0.842 bits per heavy atom. The van der Waals surface area contributed by atoms with E-state index < -0.39 is 17.9 Å². The summed E-state index contributed by atoms with van der Waals surface area (Å²) in [6, 6.07) is 0. The number of nitrogens with two attached hydrogens (primary N) is 2. The van der Waals surface area contributed by atoms with Gasteiger partial charge in [-0.25, -0.2) is 0 Å². The van der Waals surface area contributed by atoms with Gasteiger partial charge in [0.1, 0.15) is 0 Å². The second kappa shape index (κ2) is 42.7. The summed E-state index contributed by atoms with van der Waals surface area (Å²) in [6.07, 6.45) is 0. The van der Waals surface area contributed by atoms with Crippen molar-refractivity contribution in [2.24, 2.45) is 11.5 Å². The third-order valence-electron chi connectivity index (χ3n) is 0.167. The van der Waals surface area contributed by atoms with Gasteiger partial charge in [0, 0.05) is 63.4 Å². The molecule has 0 saturated heterocycles. The number of carboxylic acid groups (broad SMARTS) is 3. The van der Waals surface area contributed by atoms with Gasteiger partial charge in [-0.1, -0.05) is 0 Å². The zero-order valence-corrected chi connectivity index (χ0v) is 18.6. The van der Waals surface area contributed by atoms with Crippen LogP contribution in [0.3, 0.4) is 0 Å². The largest absolute Gasteiger partial charge is 1.00 e. The fraction of sp³-hybridized carbons (Fsp3) is 0.625. The molecule has 7 N–H and O–H groups in total. The van der Waals surface area contributed by atoms with Gasteiger partial charge in [-0.2, -0.15) is 0 Å². The first-order valence-electron chi connectivity index (χ1n) is 4.10. The van der Waals surface area contributed by atoms with Gasteiger partial charge in [0.25, 0.3) is 17.9 Å². The smallest absolute Gasteiger partial charge is 1.00 e. The van der Waals surface area contributed by atoms with E-state index >= 15 is 0 Å². The Balaban J connectivity index is -0.0000000121. The zero-order chi connectivity index (χ0) is 14.1. The molecule has 19 heavy (non-hydrogen) atoms. The minimum Gasteiger partial charge on any atom is -1.00 e. The van der Waals surface area contributed by atoms with Crippen LogP contribution in [-0.4, -0.2) is 75.9 Å². The first-order valence-corrected chi connectivity index (χ1v) is 4.10. The molecule has 0 rings (SSSR count). The van der Waals surface area contributed by atoms with Crippen LogP contribution in [0.15, 0.2) is 0 Å². The molecule has 0 aliphatic carbocycles. The standard InChI is InChI=1S/C2H8N2.3C2H4O2.3Na.2H/c3-1-2-4;3*1-2(3)4;;;;;/h1-4H2;3*1H3,(H,3,4);;;;;/q;;;;;2*+1;2*-1. The van der Waals surface area contributed by atoms with Gasteiger partial charge in [0.15, 0.2) is 0 Å². The number of hydrogen-bond donors (Lipinski definition) is 5. The first-order chi connectivity index (χ1) is 7.11. The Labute approximate surface area is 182 Å². The average Bonchev–Trinajstić information content (AvgIpc) is 2.00. The number of carbonyl (C=O) groups is 3. The minimum atomic E-state index is -0.833. The van der Waals surface area contributed by atoms with Gasteiger partial charge in [-0.05, 0) is 0 Å². The normalized spacial score (nSPS) is 5.53. The van der Waals surface area contributed by atoms with Gasteiger partial charge in [-0.15, -0.1) is 0 Å². The number of carboxylic acids is 3. The van der Waals surface area contributed by atoms with Gasteiger partial charge < -0.3 is 29.6 Å². The van der Waals surface area contributed by atoms with Crippen LogP contribution in [0.4, 0.5) is 0 Å². The molecule has 0 aromatic heterocycles. The molecule has 0 aliphatic rings. The van der Waals surface area contributed by atoms with E-state index in [0.29, 0.717) is 13.1 Å². The summed E-state index contributed by atoms with van der Waals surface area (Å²) in [7, 11) is 0. The Morgan fingerprint density at radius 2 is 0.842 bits per heavy atom. The number of aliphatic carboxylic acids is 3. The van der Waals surface area contributed by atoms with Crippen molar-refractivity contribution < 1.29 is 91.7 Å². The second-order valence-electron chi connectivity index (χ2n) is 2.13. The summed E-state index contributed by atoms with van der Waals surface area (Å²) in [5, 5.41) is 22.2. The van der Waals surface area contributed by atoms with Crippen LogP contribution in [0.25, 0.3) is 0 Å². The van der Waals surface area contributed by atoms with E-state index in [9.17, 15) is 0 Å². The van der Waals surface area contributed by atoms with E-state index in [0.717, 1.165) is 20.8 Å². The van der Waals surface area contributed by atoms with Gasteiger partial charge >= 0.3 is 59.1 Å². The topological polar surface area (TPSA) is 164 Å². The van der Waals surface area contributed by atoms with Crippen LogP contribution < -0.4 is 70.6 Å². The third kappa shape index (κ3) is 1070. The summed E-state index contributed by atoms with van der Waals surface area (Å²) >= 11 is 0. The van der Waals surface area contributed by atoms with E-state index in [4.69, 9.17) is 41.2 Å². The zero-order valence-electron chi connectivity index (χ0n) is 14.6. The van der Waals surface area contributed by atoms with Crippen LogP contribution >= 0.6 is 0 Å². The SMILES string of the molecule is CC(=O)O.CC(=O)O.CC(=O)O.NCCN.[H-].[H-].[Na+].[Na+].[Na]. The van der Waals surface area contributed by atoms with Crippen LogP contribution in [-0.2, 0) is 14.4 Å². The van der Waals surface area contributed by atoms with Gasteiger partial charge in [0.2, 0.25) is 0 Å². The molecule has 0 amide bonds. The van der Waals surface area contributed by atoms with Crippen LogP contribution in [0.2, 0.25) is 0 Å². The van der Waals surface area contributed by atoms with E-state index in [2.05, 4.69) is 0 Å². The number of rotatable bonds is 1. The molecule has 0 heterocycles. The molecule has 8 nitrogen and oxygen atoms in total. The summed E-state index contributed by atoms with van der Waals surface area (Å²) < 4.78 is 0. The van der Waals surface area contributed by atoms with Crippen LogP contribution in [0.1, 0.15) is 23.6 Å². The van der Waals surface area contributed by atoms with Crippen molar-refractivity contribution in [3.8, 4) is 0 Å². The second-order valence-corrected chi connectivity index (χ2v) is 2.13. The van der Waals surface area contributed by atoms with Crippen molar-refractivity contribution in [3.05, 3.63) is 0 Å². The maximum atomic E-state index is 9.00. The Hall–Kier alpha value is 1.33. The quantitative estimate of drug-likeness (QED) is 0.298. The molecule has 0 saturated carbocycles. The third-order valence-corrected chi connectivity index (χ3v) is 0.167. The maximum Gasteiger partial charge on any atom is 1.00 e. The Kier molecular flexibility index (Phi) is 96.1. The molecular formula is C8H22N2Na3O6. The molecule has 11 heteroatoms. The Morgan fingerprint density at radius 1 is 0.789 bits per heavy atom. The minimum absolute atomic E-state index is 0. The molecule has 0 aromatic rings. The molecule has 0 aromatic carbocycles. The van der Waals surface area contributed by atoms with Gasteiger partial charge in [-0.3, -0.25) is 14.4 Å². The molecule has 0 fully saturated rings. The van der Waals surface area contributed by atoms with Crippen molar-refractivity contribution in [2.75, 3.05) is 13.1 Å². The average molecular weight is 311 g/mol. The molecule has 1 radical (unpaired) electrons. The molecule has 0 bridgehead atoms. The summed E-state index contributed by atoms with van der Waals surface area (Å²) in [4.78, 5) is 27.0. The van der Waals surface area contributed by atoms with Crippen molar-refractivity contribution in [1.82, 2.24) is 0 Å². The monoisotopic (exact) mass is 311 g/mol. The summed E-state index contributed by atoms with van der Waals surface area (Å²) in [6.45, 7) is 4.44. The molecule has 0 spiro atoms. The van der Waals surface area contributed by atoms with Crippen molar-refractivity contribution in [1.29, 1.82) is 0 Å². The molecule has 103 valence electrons. The maximum absolute atomic E-state index is 9.00. The fourth-order valence-corrected chi connectivity index (χ4v) is 0. The molecule has 0 unspecified atom stereocenters. The predicted octanol–water partition coefficient (Wildman–Crippen LogP) is -6.97. The predicted molar refractivity (Wildman–Crippen MR) is 66.0 cm³/mol. The Bertz CT molecular complexity index is 162. The van der Waals surface area contributed by atoms with Gasteiger partial charge in [0.05, 0.1) is 0 Å². The number of hydrogen-bond acceptors (Lipinski definition) is 5. The van der Waals surface area contributed by atoms with Crippen molar-refractivity contribution >= 4 is 47.5 Å². The molecular weight excluding hydrogens is 289 g/mol. The summed E-state index contributed by atoms with van der Waals surface area (Å²) in [5.41, 5.74) is 9.81. The van der Waals surface area contributed by atoms with Crippen molar-refractivity contribution in [3.63, 3.8) is 0 Å². The summed E-state index contributed by atoms with van der Waals surface area (Å²) in [5.74, 6) is -2.50. The van der Waals surface area contributed by atoms with Crippen LogP contribution in [0.5, 0.6) is 0 Å².